The van der Waals surface area contributed by atoms with Crippen LogP contribution in [0.25, 0.3) is 17.0 Å². The lowest BCUT2D eigenvalue weighted by Gasteiger charge is -2.07. The summed E-state index contributed by atoms with van der Waals surface area (Å²) in [6, 6.07) is 10.8. The van der Waals surface area contributed by atoms with Crippen molar-refractivity contribution in [2.75, 3.05) is 14.2 Å². The second-order valence-corrected chi connectivity index (χ2v) is 5.63. The summed E-state index contributed by atoms with van der Waals surface area (Å²) in [7, 11) is 3.18. The second kappa shape index (κ2) is 6.81. The molecule has 1 N–H and O–H groups in total. The fourth-order valence-corrected chi connectivity index (χ4v) is 2.69. The number of aromatic nitrogens is 1. The van der Waals surface area contributed by atoms with E-state index in [9.17, 15) is 4.79 Å². The zero-order valence-electron chi connectivity index (χ0n) is 13.3. The van der Waals surface area contributed by atoms with E-state index >= 15 is 0 Å². The van der Waals surface area contributed by atoms with Crippen molar-refractivity contribution in [3.63, 3.8) is 0 Å². The Morgan fingerprint density at radius 1 is 1.12 bits per heavy atom. The smallest absolute Gasteiger partial charge is 0.188 e. The molecule has 0 radical (unpaired) electrons. The van der Waals surface area contributed by atoms with Crippen LogP contribution in [0.15, 0.2) is 48.7 Å². The van der Waals surface area contributed by atoms with Gasteiger partial charge < -0.3 is 14.5 Å². The highest BCUT2D eigenvalue weighted by Gasteiger charge is 2.10. The first kappa shape index (κ1) is 16.1. The molecule has 24 heavy (non-hydrogen) atoms. The van der Waals surface area contributed by atoms with Crippen molar-refractivity contribution in [3.05, 3.63) is 64.8 Å². The summed E-state index contributed by atoms with van der Waals surface area (Å²) < 4.78 is 10.5. The van der Waals surface area contributed by atoms with Crippen LogP contribution >= 0.6 is 11.6 Å². The van der Waals surface area contributed by atoms with Gasteiger partial charge in [0, 0.05) is 39.3 Å². The van der Waals surface area contributed by atoms with E-state index in [0.29, 0.717) is 22.1 Å². The number of halogens is 1. The number of rotatable bonds is 5. The first-order valence-electron chi connectivity index (χ1n) is 7.33. The van der Waals surface area contributed by atoms with Gasteiger partial charge in [-0.15, -0.1) is 0 Å². The SMILES string of the molecule is COc1ccc(/C=C/C(=O)c2c[nH]c3cc(Cl)ccc23)c(OC)c1. The van der Waals surface area contributed by atoms with Crippen LogP contribution in [-0.4, -0.2) is 25.0 Å². The number of hydrogen-bond acceptors (Lipinski definition) is 3. The zero-order chi connectivity index (χ0) is 17.1. The molecule has 0 spiro atoms. The molecule has 0 aliphatic rings. The summed E-state index contributed by atoms with van der Waals surface area (Å²) in [5.74, 6) is 1.24. The average molecular weight is 342 g/mol. The topological polar surface area (TPSA) is 51.3 Å². The fraction of sp³-hybridized carbons (Fsp3) is 0.105. The van der Waals surface area contributed by atoms with E-state index in [1.165, 1.54) is 6.08 Å². The van der Waals surface area contributed by atoms with Gasteiger partial charge in [0.1, 0.15) is 11.5 Å². The Labute approximate surface area is 144 Å². The standard InChI is InChI=1S/C19H16ClNO3/c1-23-14-6-3-12(19(10-14)24-2)4-8-18(22)16-11-21-17-9-13(20)5-7-15(16)17/h3-11,21H,1-2H3/b8-4+. The molecule has 0 saturated heterocycles. The molecular weight excluding hydrogens is 326 g/mol. The Hall–Kier alpha value is -2.72. The van der Waals surface area contributed by atoms with Crippen molar-refractivity contribution in [1.82, 2.24) is 4.98 Å². The van der Waals surface area contributed by atoms with Crippen LogP contribution in [0.4, 0.5) is 0 Å². The molecule has 5 heteroatoms. The number of carbonyl (C=O) groups is 1. The van der Waals surface area contributed by atoms with E-state index in [4.69, 9.17) is 21.1 Å². The summed E-state index contributed by atoms with van der Waals surface area (Å²) in [5.41, 5.74) is 2.24. The molecule has 0 aliphatic heterocycles. The maximum Gasteiger partial charge on any atom is 0.188 e. The second-order valence-electron chi connectivity index (χ2n) is 5.20. The van der Waals surface area contributed by atoms with Crippen LogP contribution in [0.2, 0.25) is 5.02 Å². The van der Waals surface area contributed by atoms with E-state index in [-0.39, 0.29) is 5.78 Å². The number of benzene rings is 2. The Balaban J connectivity index is 1.90. The van der Waals surface area contributed by atoms with Crippen LogP contribution in [0.1, 0.15) is 15.9 Å². The number of nitrogens with one attached hydrogen (secondary N) is 1. The van der Waals surface area contributed by atoms with Crippen LogP contribution in [0.5, 0.6) is 11.5 Å². The third kappa shape index (κ3) is 3.14. The molecule has 3 aromatic rings. The summed E-state index contributed by atoms with van der Waals surface area (Å²) in [5, 5.41) is 1.47. The number of carbonyl (C=O) groups excluding carboxylic acids is 1. The first-order valence-corrected chi connectivity index (χ1v) is 7.71. The molecule has 3 rings (SSSR count). The van der Waals surface area contributed by atoms with Gasteiger partial charge >= 0.3 is 0 Å². The number of allylic oxidation sites excluding steroid dienone is 1. The number of fused-ring (bicyclic) bond motifs is 1. The summed E-state index contributed by atoms with van der Waals surface area (Å²) >= 11 is 5.96. The Morgan fingerprint density at radius 2 is 1.96 bits per heavy atom. The summed E-state index contributed by atoms with van der Waals surface area (Å²) in [6.07, 6.45) is 4.95. The molecule has 0 amide bonds. The van der Waals surface area contributed by atoms with Crippen LogP contribution in [0, 0.1) is 0 Å². The van der Waals surface area contributed by atoms with Gasteiger partial charge in [-0.25, -0.2) is 0 Å². The van der Waals surface area contributed by atoms with Gasteiger partial charge in [0.2, 0.25) is 0 Å². The van der Waals surface area contributed by atoms with Crippen molar-refractivity contribution in [2.45, 2.75) is 0 Å². The van der Waals surface area contributed by atoms with Gasteiger partial charge in [-0.2, -0.15) is 0 Å². The molecule has 0 fully saturated rings. The molecule has 2 aromatic carbocycles. The molecule has 1 aromatic heterocycles. The predicted molar refractivity (Wildman–Crippen MR) is 96.2 cm³/mol. The van der Waals surface area contributed by atoms with E-state index in [1.807, 2.05) is 18.2 Å². The van der Waals surface area contributed by atoms with Crippen molar-refractivity contribution < 1.29 is 14.3 Å². The highest BCUT2D eigenvalue weighted by Crippen LogP contribution is 2.26. The number of hydrogen-bond donors (Lipinski definition) is 1. The van der Waals surface area contributed by atoms with E-state index in [2.05, 4.69) is 4.98 Å². The quantitative estimate of drug-likeness (QED) is 0.539. The molecule has 0 saturated carbocycles. The predicted octanol–water partition coefficient (Wildman–Crippen LogP) is 4.73. The molecule has 4 nitrogen and oxygen atoms in total. The number of methoxy groups -OCH3 is 2. The number of H-pyrrole nitrogens is 1. The van der Waals surface area contributed by atoms with Gasteiger partial charge in [-0.05, 0) is 36.4 Å². The fourth-order valence-electron chi connectivity index (χ4n) is 2.51. The van der Waals surface area contributed by atoms with E-state index in [1.54, 1.807) is 44.7 Å². The molecular formula is C19H16ClNO3. The zero-order valence-corrected chi connectivity index (χ0v) is 14.1. The number of ketones is 1. The first-order chi connectivity index (χ1) is 11.6. The molecule has 0 unspecified atom stereocenters. The van der Waals surface area contributed by atoms with Gasteiger partial charge in [-0.1, -0.05) is 17.7 Å². The summed E-state index contributed by atoms with van der Waals surface area (Å²) in [4.78, 5) is 15.6. The minimum absolute atomic E-state index is 0.0959. The Kier molecular flexibility index (Phi) is 4.58. The third-order valence-electron chi connectivity index (χ3n) is 3.76. The monoisotopic (exact) mass is 341 g/mol. The maximum atomic E-state index is 12.5. The Morgan fingerprint density at radius 3 is 2.71 bits per heavy atom. The largest absolute Gasteiger partial charge is 0.497 e. The highest BCUT2D eigenvalue weighted by atomic mass is 35.5. The van der Waals surface area contributed by atoms with Crippen molar-refractivity contribution in [3.8, 4) is 11.5 Å². The van der Waals surface area contributed by atoms with E-state index in [0.717, 1.165) is 16.5 Å². The van der Waals surface area contributed by atoms with Gasteiger partial charge in [0.05, 0.1) is 14.2 Å². The van der Waals surface area contributed by atoms with Crippen molar-refractivity contribution >= 4 is 34.4 Å². The van der Waals surface area contributed by atoms with Crippen molar-refractivity contribution in [1.29, 1.82) is 0 Å². The molecule has 0 bridgehead atoms. The van der Waals surface area contributed by atoms with E-state index < -0.39 is 0 Å². The highest BCUT2D eigenvalue weighted by molar-refractivity contribution is 6.31. The Bertz CT molecular complexity index is 928. The van der Waals surface area contributed by atoms with Crippen molar-refractivity contribution in [2.24, 2.45) is 0 Å². The molecule has 0 aliphatic carbocycles. The normalized spacial score (nSPS) is 11.1. The lowest BCUT2D eigenvalue weighted by molar-refractivity contribution is 0.104. The maximum absolute atomic E-state index is 12.5. The minimum atomic E-state index is -0.0959. The van der Waals surface area contributed by atoms with Gasteiger partial charge in [0.25, 0.3) is 0 Å². The lowest BCUT2D eigenvalue weighted by Crippen LogP contribution is -1.93. The van der Waals surface area contributed by atoms with Gasteiger partial charge in [-0.3, -0.25) is 4.79 Å². The molecule has 0 atom stereocenters. The van der Waals surface area contributed by atoms with Gasteiger partial charge in [0.15, 0.2) is 5.78 Å². The number of ether oxygens (including phenoxy) is 2. The van der Waals surface area contributed by atoms with Crippen LogP contribution in [-0.2, 0) is 0 Å². The minimum Gasteiger partial charge on any atom is -0.497 e. The molecule has 1 heterocycles. The third-order valence-corrected chi connectivity index (χ3v) is 4.00. The average Bonchev–Trinajstić information content (AvgIpc) is 3.02. The summed E-state index contributed by atoms with van der Waals surface area (Å²) in [6.45, 7) is 0. The van der Waals surface area contributed by atoms with Crippen LogP contribution in [0.3, 0.4) is 0 Å². The molecule has 122 valence electrons. The lowest BCUT2D eigenvalue weighted by atomic mass is 10.1. The number of aromatic amines is 1. The van der Waals surface area contributed by atoms with Crippen LogP contribution < -0.4 is 9.47 Å².